The molecule has 5 rings (SSSR count). The van der Waals surface area contributed by atoms with Crippen molar-refractivity contribution in [3.63, 3.8) is 0 Å². The summed E-state index contributed by atoms with van der Waals surface area (Å²) in [6.07, 6.45) is 3.91. The van der Waals surface area contributed by atoms with Gasteiger partial charge in [-0.15, -0.1) is 11.3 Å². The lowest BCUT2D eigenvalue weighted by Crippen LogP contribution is -2.32. The van der Waals surface area contributed by atoms with Crippen molar-refractivity contribution in [2.75, 3.05) is 26.6 Å². The number of amides is 1. The Kier molecular flexibility index (Phi) is 8.18. The number of hydrogen-bond donors (Lipinski definition) is 0. The van der Waals surface area contributed by atoms with Crippen LogP contribution in [0, 0.1) is 0 Å². The number of rotatable bonds is 6. The molecule has 1 aromatic heterocycles. The van der Waals surface area contributed by atoms with Gasteiger partial charge >= 0.3 is 5.97 Å². The maximum Gasteiger partial charge on any atom is 0.341 e. The molecule has 0 N–H and O–H groups in total. The third kappa shape index (κ3) is 5.03. The van der Waals surface area contributed by atoms with Gasteiger partial charge in [0, 0.05) is 36.4 Å². The molecule has 0 radical (unpaired) electrons. The summed E-state index contributed by atoms with van der Waals surface area (Å²) in [7, 11) is 1.39. The van der Waals surface area contributed by atoms with Gasteiger partial charge in [0.15, 0.2) is 0 Å². The van der Waals surface area contributed by atoms with Crippen LogP contribution in [0.15, 0.2) is 53.9 Å². The average Bonchev–Trinajstić information content (AvgIpc) is 3.56. The number of thiophene rings is 1. The Morgan fingerprint density at radius 2 is 1.72 bits per heavy atom. The molecule has 6 nitrogen and oxygen atoms in total. The number of ether oxygens (including phenoxy) is 2. The monoisotopic (exact) mass is 728 g/mol. The van der Waals surface area contributed by atoms with Crippen LogP contribution in [0.2, 0.25) is 0 Å². The second-order valence-electron chi connectivity index (χ2n) is 8.94. The van der Waals surface area contributed by atoms with Crippen molar-refractivity contribution in [3.8, 4) is 0 Å². The highest BCUT2D eigenvalue weighted by Crippen LogP contribution is 2.45. The second-order valence-corrected chi connectivity index (χ2v) is 11.8. The number of fused-ring (bicyclic) bond motifs is 1. The molecule has 1 unspecified atom stereocenters. The molecule has 188 valence electrons. The molecule has 1 aliphatic carbocycles. The molecule has 2 heterocycles. The summed E-state index contributed by atoms with van der Waals surface area (Å²) in [6, 6.07) is 16.5. The number of anilines is 2. The third-order valence-electron chi connectivity index (χ3n) is 6.93. The number of halogens is 2. The van der Waals surface area contributed by atoms with Crippen LogP contribution in [0.4, 0.5) is 10.7 Å². The first-order chi connectivity index (χ1) is 17.5. The highest BCUT2D eigenvalue weighted by Gasteiger charge is 2.33. The van der Waals surface area contributed by atoms with E-state index in [2.05, 4.69) is 44.2 Å². The highest BCUT2D eigenvalue weighted by molar-refractivity contribution is 14.1. The molecule has 3 aromatic rings. The van der Waals surface area contributed by atoms with Gasteiger partial charge in [0.25, 0.3) is 5.91 Å². The van der Waals surface area contributed by atoms with E-state index in [1.807, 2.05) is 58.6 Å². The second kappa shape index (κ2) is 11.4. The molecule has 0 spiro atoms. The first-order valence-electron chi connectivity index (χ1n) is 11.9. The van der Waals surface area contributed by atoms with Gasteiger partial charge in [-0.05, 0) is 72.0 Å². The van der Waals surface area contributed by atoms with Gasteiger partial charge in [-0.25, -0.2) is 7.91 Å². The lowest BCUT2D eigenvalue weighted by Gasteiger charge is -2.31. The van der Waals surface area contributed by atoms with Gasteiger partial charge < -0.3 is 12.6 Å². The number of hydrogen-bond acceptors (Lipinski definition) is 6. The minimum Gasteiger partial charge on any atom is -0.465 e. The quantitative estimate of drug-likeness (QED) is 0.157. The van der Waals surface area contributed by atoms with Gasteiger partial charge in [-0.2, -0.15) is 0 Å². The van der Waals surface area contributed by atoms with E-state index in [1.165, 1.54) is 29.6 Å². The number of nitrogens with zero attached hydrogens (tertiary/aromatic N) is 2. The standard InChI is InChI=1S/C27H26I2N2O4S/c1-34-27(33)24-23(22-11-8-17-4-2-3-5-21(17)22)16-36-26(24)31(29)25(32)18-6-9-19(10-7-18)30(28)20-12-14-35-15-13-20/h2-7,9-10,16,20,22H,8,11-15H2,1H3. The molecule has 1 saturated heterocycles. The van der Waals surface area contributed by atoms with Gasteiger partial charge in [0.05, 0.1) is 58.4 Å². The number of esters is 1. The molecule has 36 heavy (non-hydrogen) atoms. The minimum atomic E-state index is -0.410. The number of carbonyl (C=O) groups is 2. The molecule has 0 saturated carbocycles. The van der Waals surface area contributed by atoms with E-state index in [4.69, 9.17) is 9.47 Å². The topological polar surface area (TPSA) is 59.1 Å². The van der Waals surface area contributed by atoms with Crippen LogP contribution in [0.3, 0.4) is 0 Å². The number of methoxy groups -OCH3 is 1. The molecule has 2 aromatic carbocycles. The molecule has 2 aliphatic rings. The Morgan fingerprint density at radius 3 is 2.44 bits per heavy atom. The Morgan fingerprint density at radius 1 is 1.00 bits per heavy atom. The normalized spacial score (nSPS) is 17.5. The molecule has 9 heteroatoms. The number of aryl methyl sites for hydroxylation is 1. The molecule has 1 amide bonds. The average molecular weight is 728 g/mol. The summed E-state index contributed by atoms with van der Waals surface area (Å²) in [5.74, 6) is -0.453. The summed E-state index contributed by atoms with van der Waals surface area (Å²) < 4.78 is 14.4. The first-order valence-corrected chi connectivity index (χ1v) is 14.7. The minimum absolute atomic E-state index is 0.124. The van der Waals surface area contributed by atoms with E-state index < -0.39 is 5.97 Å². The first kappa shape index (κ1) is 25.9. The molecular weight excluding hydrogens is 702 g/mol. The Bertz CT molecular complexity index is 1260. The van der Waals surface area contributed by atoms with Crippen molar-refractivity contribution in [2.24, 2.45) is 0 Å². The summed E-state index contributed by atoms with van der Waals surface area (Å²) in [5.41, 5.74) is 5.63. The summed E-state index contributed by atoms with van der Waals surface area (Å²) in [4.78, 5) is 26.4. The Labute approximate surface area is 242 Å². The van der Waals surface area contributed by atoms with Crippen molar-refractivity contribution in [3.05, 3.63) is 81.7 Å². The fraction of sp³-hybridized carbons (Fsp3) is 0.333. The van der Waals surface area contributed by atoms with E-state index in [0.717, 1.165) is 50.1 Å². The maximum absolute atomic E-state index is 13.5. The van der Waals surface area contributed by atoms with E-state index in [9.17, 15) is 9.59 Å². The van der Waals surface area contributed by atoms with Crippen LogP contribution in [0.5, 0.6) is 0 Å². The zero-order valence-corrected chi connectivity index (χ0v) is 24.9. The molecule has 1 fully saturated rings. The lowest BCUT2D eigenvalue weighted by atomic mass is 9.92. The van der Waals surface area contributed by atoms with Crippen molar-refractivity contribution >= 4 is 79.6 Å². The number of benzene rings is 2. The van der Waals surface area contributed by atoms with Gasteiger partial charge in [0.1, 0.15) is 5.00 Å². The smallest absolute Gasteiger partial charge is 0.341 e. The van der Waals surface area contributed by atoms with Crippen LogP contribution in [-0.4, -0.2) is 38.2 Å². The van der Waals surface area contributed by atoms with E-state index >= 15 is 0 Å². The van der Waals surface area contributed by atoms with Crippen LogP contribution in [0.1, 0.15) is 62.6 Å². The summed E-state index contributed by atoms with van der Waals surface area (Å²) in [6.45, 7) is 1.56. The zero-order valence-electron chi connectivity index (χ0n) is 19.8. The van der Waals surface area contributed by atoms with E-state index in [0.29, 0.717) is 22.2 Å². The van der Waals surface area contributed by atoms with Crippen LogP contribution in [-0.2, 0) is 15.9 Å². The van der Waals surface area contributed by atoms with E-state index in [-0.39, 0.29) is 11.8 Å². The summed E-state index contributed by atoms with van der Waals surface area (Å²) in [5, 5.41) is 2.62. The van der Waals surface area contributed by atoms with Crippen molar-refractivity contribution in [1.29, 1.82) is 0 Å². The highest BCUT2D eigenvalue weighted by atomic mass is 127. The fourth-order valence-corrected chi connectivity index (χ4v) is 7.78. The van der Waals surface area contributed by atoms with Gasteiger partial charge in [0.2, 0.25) is 0 Å². The van der Waals surface area contributed by atoms with Crippen molar-refractivity contribution < 1.29 is 19.1 Å². The SMILES string of the molecule is COC(=O)c1c(C2CCc3ccccc32)csc1N(I)C(=O)c1ccc(N(I)C2CCOCC2)cc1. The third-order valence-corrected chi connectivity index (χ3v) is 10.5. The Balaban J connectivity index is 1.40. The molecule has 0 bridgehead atoms. The zero-order chi connectivity index (χ0) is 25.2. The number of carbonyl (C=O) groups excluding carboxylic acids is 2. The predicted octanol–water partition coefficient (Wildman–Crippen LogP) is 6.95. The largest absolute Gasteiger partial charge is 0.465 e. The van der Waals surface area contributed by atoms with E-state index in [1.54, 1.807) is 3.11 Å². The molecular formula is C27H26I2N2O4S. The van der Waals surface area contributed by atoms with Gasteiger partial charge in [-0.3, -0.25) is 4.79 Å². The van der Waals surface area contributed by atoms with Gasteiger partial charge in [-0.1, -0.05) is 24.3 Å². The van der Waals surface area contributed by atoms with Crippen molar-refractivity contribution in [1.82, 2.24) is 0 Å². The fourth-order valence-electron chi connectivity index (χ4n) is 5.02. The predicted molar refractivity (Wildman–Crippen MR) is 160 cm³/mol. The summed E-state index contributed by atoms with van der Waals surface area (Å²) >= 11 is 5.77. The Hall–Kier alpha value is -1.70. The van der Waals surface area contributed by atoms with Crippen molar-refractivity contribution in [2.45, 2.75) is 37.6 Å². The van der Waals surface area contributed by atoms with Crippen LogP contribution < -0.4 is 6.23 Å². The van der Waals surface area contributed by atoms with Crippen LogP contribution in [0.25, 0.3) is 0 Å². The molecule has 1 aliphatic heterocycles. The van der Waals surface area contributed by atoms with Crippen LogP contribution >= 0.6 is 57.1 Å². The lowest BCUT2D eigenvalue weighted by molar-refractivity contribution is 0.0601. The molecule has 1 atom stereocenters. The maximum atomic E-state index is 13.5.